The molecule has 18 nitrogen and oxygen atoms in total. The Balaban J connectivity index is 0.00000801. The van der Waals surface area contributed by atoms with Gasteiger partial charge >= 0.3 is 0 Å². The van der Waals surface area contributed by atoms with Crippen LogP contribution < -0.4 is 37.5 Å². The van der Waals surface area contributed by atoms with Gasteiger partial charge in [-0.15, -0.1) is 0 Å². The van der Waals surface area contributed by atoms with Crippen molar-refractivity contribution in [2.45, 2.75) is 117 Å². The molecule has 0 radical (unpaired) electrons. The summed E-state index contributed by atoms with van der Waals surface area (Å²) < 4.78 is 5.66. The molecule has 0 bridgehead atoms. The zero-order valence-electron chi connectivity index (χ0n) is 35.7. The van der Waals surface area contributed by atoms with E-state index in [4.69, 9.17) is 16.2 Å². The first-order valence-electron chi connectivity index (χ1n) is 20.6. The fraction of sp³-hybridized carbons (Fsp3) is 0.634. The van der Waals surface area contributed by atoms with Crippen LogP contribution in [0.15, 0.2) is 34.8 Å². The number of benzene rings is 1. The molecule has 0 aromatic heterocycles. The number of hydroxylamine groups is 4. The van der Waals surface area contributed by atoms with Gasteiger partial charge in [-0.1, -0.05) is 12.5 Å². The Morgan fingerprint density at radius 3 is 1.49 bits per heavy atom. The molecule has 59 heavy (non-hydrogen) atoms. The number of nitrogens with one attached hydrogen (secondary N) is 4. The standard InChI is InChI=1S/C39H65N7O9.C2H6N2/c1-4-30(2)39(40)32-14-16-33(17-15-32)55-29-22-37(51)44-26-11-7-13-28-46(54)38(52)21-20-36(50)43-24-9-5-8-23-41-34(48)18-19-35(49)42-25-10-6-12-27-45(53)31(3)47;1-4-2-3/h14-17,53-54H,4-13,18-29,40H2,1-3H3,(H,41,48)(H,42,49)(H,43,50)(H,44,51);2H,1H3,(H2,3,4)/b39-30+;. The normalized spacial score (nSPS) is 11.1. The van der Waals surface area contributed by atoms with E-state index in [1.54, 1.807) is 7.05 Å². The second kappa shape index (κ2) is 34.8. The van der Waals surface area contributed by atoms with E-state index in [0.29, 0.717) is 87.0 Å². The van der Waals surface area contributed by atoms with Crippen LogP contribution in [-0.2, 0) is 28.8 Å². The van der Waals surface area contributed by atoms with Gasteiger partial charge < -0.3 is 37.5 Å². The van der Waals surface area contributed by atoms with Crippen molar-refractivity contribution in [2.75, 3.05) is 52.9 Å². The van der Waals surface area contributed by atoms with Crippen LogP contribution in [0.1, 0.15) is 123 Å². The van der Waals surface area contributed by atoms with Crippen LogP contribution in [0.3, 0.4) is 0 Å². The number of nitrogens with two attached hydrogens (primary N) is 2. The van der Waals surface area contributed by atoms with Gasteiger partial charge in [-0.3, -0.25) is 44.2 Å². The quantitative estimate of drug-likeness (QED) is 0.0183. The lowest BCUT2D eigenvalue weighted by molar-refractivity contribution is -0.166. The topological polar surface area (TPSA) is 271 Å². The summed E-state index contributed by atoms with van der Waals surface area (Å²) >= 11 is 0. The van der Waals surface area contributed by atoms with Crippen molar-refractivity contribution in [3.63, 3.8) is 0 Å². The Kier molecular flexibility index (Phi) is 31.7. The molecule has 1 aromatic rings. The van der Waals surface area contributed by atoms with Crippen LogP contribution in [0, 0.1) is 0 Å². The second-order valence-corrected chi connectivity index (χ2v) is 13.8. The Bertz CT molecular complexity index is 1440. The van der Waals surface area contributed by atoms with Crippen LogP contribution in [0.2, 0.25) is 0 Å². The van der Waals surface area contributed by atoms with Crippen LogP contribution in [0.5, 0.6) is 5.75 Å². The number of hydrogen-bond donors (Lipinski definition) is 8. The molecule has 10 N–H and O–H groups in total. The Hall–Kier alpha value is -5.23. The zero-order valence-corrected chi connectivity index (χ0v) is 35.7. The van der Waals surface area contributed by atoms with Crippen molar-refractivity contribution in [3.8, 4) is 5.75 Å². The van der Waals surface area contributed by atoms with Gasteiger partial charge in [0.15, 0.2) is 0 Å². The average molecular weight is 834 g/mol. The van der Waals surface area contributed by atoms with E-state index in [2.05, 4.69) is 33.2 Å². The van der Waals surface area contributed by atoms with Crippen LogP contribution >= 0.6 is 0 Å². The molecule has 1 rings (SSSR count). The number of rotatable bonds is 30. The number of unbranched alkanes of at least 4 members (excludes halogenated alkanes) is 6. The number of carbonyl (C=O) groups excluding carboxylic acids is 6. The molecule has 18 heteroatoms. The summed E-state index contributed by atoms with van der Waals surface area (Å²) in [4.78, 5) is 74.6. The molecule has 0 spiro atoms. The second-order valence-electron chi connectivity index (χ2n) is 13.8. The van der Waals surface area contributed by atoms with Gasteiger partial charge in [-0.2, -0.15) is 0 Å². The average Bonchev–Trinajstić information content (AvgIpc) is 3.23. The highest BCUT2D eigenvalue weighted by Crippen LogP contribution is 2.19. The van der Waals surface area contributed by atoms with Crippen molar-refractivity contribution in [2.24, 2.45) is 16.5 Å². The molecule has 334 valence electrons. The lowest BCUT2D eigenvalue weighted by atomic mass is 10.1. The van der Waals surface area contributed by atoms with Gasteiger partial charge in [-0.05, 0) is 101 Å². The maximum atomic E-state index is 12.2. The molecule has 0 aliphatic rings. The third-order valence-electron chi connectivity index (χ3n) is 8.93. The smallest absolute Gasteiger partial charge is 0.246 e. The van der Waals surface area contributed by atoms with Crippen molar-refractivity contribution >= 4 is 47.5 Å². The number of nitrogens with zero attached hydrogens (tertiary/aromatic N) is 3. The maximum Gasteiger partial charge on any atom is 0.246 e. The molecule has 0 saturated heterocycles. The molecule has 6 amide bonds. The molecule has 1 aromatic carbocycles. The highest BCUT2D eigenvalue weighted by Gasteiger charge is 2.13. The summed E-state index contributed by atoms with van der Waals surface area (Å²) in [7, 11) is 1.62. The Morgan fingerprint density at radius 2 is 1.07 bits per heavy atom. The number of amides is 6. The summed E-state index contributed by atoms with van der Waals surface area (Å²) in [5.41, 5.74) is 13.7. The van der Waals surface area contributed by atoms with Crippen molar-refractivity contribution in [1.82, 2.24) is 31.4 Å². The molecule has 0 heterocycles. The molecule has 0 unspecified atom stereocenters. The van der Waals surface area contributed by atoms with Crippen LogP contribution in [0.25, 0.3) is 5.70 Å². The third-order valence-corrected chi connectivity index (χ3v) is 8.93. The van der Waals surface area contributed by atoms with Gasteiger partial charge in [0.05, 0.1) is 19.4 Å². The number of aliphatic imine (C=N–C) groups is 1. The summed E-state index contributed by atoms with van der Waals surface area (Å²) in [5.74, 6) is -1.09. The Morgan fingerprint density at radius 1 is 0.661 bits per heavy atom. The highest BCUT2D eigenvalue weighted by molar-refractivity contribution is 5.84. The van der Waals surface area contributed by atoms with Crippen molar-refractivity contribution < 1.29 is 43.9 Å². The minimum atomic E-state index is -0.528. The van der Waals surface area contributed by atoms with Crippen LogP contribution in [-0.4, -0.2) is 115 Å². The Labute approximate surface area is 349 Å². The third kappa shape index (κ3) is 29.6. The number of allylic oxidation sites excluding steroid dienone is 1. The SMILES string of the molecule is CC/C(C)=C(/N)c1ccc(OCCC(=O)NCCCCCN(O)C(=O)CCC(=O)NCCCCCNC(=O)CCC(=O)NCCCCCN(O)C(C)=O)cc1.CN=CN. The summed E-state index contributed by atoms with van der Waals surface area (Å²) in [6.45, 7) is 7.83. The van der Waals surface area contributed by atoms with E-state index < -0.39 is 11.8 Å². The molecule has 0 aliphatic carbocycles. The fourth-order valence-electron chi connectivity index (χ4n) is 5.11. The molecule has 0 fully saturated rings. The molecule has 0 saturated carbocycles. The van der Waals surface area contributed by atoms with E-state index in [9.17, 15) is 39.2 Å². The van der Waals surface area contributed by atoms with E-state index >= 15 is 0 Å². The molecule has 0 aliphatic heterocycles. The van der Waals surface area contributed by atoms with Gasteiger partial charge in [-0.25, -0.2) is 10.1 Å². The first-order valence-corrected chi connectivity index (χ1v) is 20.6. The highest BCUT2D eigenvalue weighted by atomic mass is 16.5. The predicted molar refractivity (Wildman–Crippen MR) is 227 cm³/mol. The molecular weight excluding hydrogens is 763 g/mol. The lowest BCUT2D eigenvalue weighted by Crippen LogP contribution is -2.31. The first kappa shape index (κ1) is 53.8. The zero-order chi connectivity index (χ0) is 44.3. The van der Waals surface area contributed by atoms with E-state index in [0.717, 1.165) is 36.1 Å². The lowest BCUT2D eigenvalue weighted by Gasteiger charge is -2.15. The van der Waals surface area contributed by atoms with E-state index in [1.807, 2.05) is 31.2 Å². The number of hydrogen-bond acceptors (Lipinski definition) is 11. The predicted octanol–water partition coefficient (Wildman–Crippen LogP) is 3.15. The van der Waals surface area contributed by atoms with E-state index in [-0.39, 0.29) is 75.4 Å². The van der Waals surface area contributed by atoms with Crippen LogP contribution in [0.4, 0.5) is 0 Å². The van der Waals surface area contributed by atoms with Crippen molar-refractivity contribution in [1.29, 1.82) is 0 Å². The number of carbonyl (C=O) groups is 6. The van der Waals surface area contributed by atoms with Gasteiger partial charge in [0, 0.05) is 84.6 Å². The van der Waals surface area contributed by atoms with Gasteiger partial charge in [0.2, 0.25) is 35.4 Å². The maximum absolute atomic E-state index is 12.2. The van der Waals surface area contributed by atoms with Gasteiger partial charge in [0.25, 0.3) is 0 Å². The fourth-order valence-corrected chi connectivity index (χ4v) is 5.11. The summed E-state index contributed by atoms with van der Waals surface area (Å²) in [6.07, 6.45) is 8.60. The molecule has 0 atom stereocenters. The van der Waals surface area contributed by atoms with E-state index in [1.165, 1.54) is 13.3 Å². The minimum Gasteiger partial charge on any atom is -0.493 e. The van der Waals surface area contributed by atoms with Gasteiger partial charge in [0.1, 0.15) is 5.75 Å². The monoisotopic (exact) mass is 834 g/mol. The largest absolute Gasteiger partial charge is 0.493 e. The minimum absolute atomic E-state index is 0.0329. The first-order chi connectivity index (χ1) is 28.2. The summed E-state index contributed by atoms with van der Waals surface area (Å²) in [6, 6.07) is 7.47. The number of ether oxygens (including phenoxy) is 1. The molecular formula is C41H71N9O9. The van der Waals surface area contributed by atoms with Crippen molar-refractivity contribution in [3.05, 3.63) is 35.4 Å². The summed E-state index contributed by atoms with van der Waals surface area (Å²) in [5, 5.41) is 31.8.